The van der Waals surface area contributed by atoms with E-state index < -0.39 is 16.3 Å². The highest BCUT2D eigenvalue weighted by Gasteiger charge is 2.20. The van der Waals surface area contributed by atoms with Crippen LogP contribution in [0.2, 0.25) is 0 Å². The van der Waals surface area contributed by atoms with Gasteiger partial charge < -0.3 is 10.1 Å². The van der Waals surface area contributed by atoms with Crippen molar-refractivity contribution in [1.29, 1.82) is 0 Å². The molecular weight excluding hydrogens is 517 g/mol. The third-order valence-corrected chi connectivity index (χ3v) is 7.58. The van der Waals surface area contributed by atoms with Crippen LogP contribution < -0.4 is 10.0 Å². The second kappa shape index (κ2) is 10.3. The molecule has 13 heteroatoms. The number of nitrogens with zero attached hydrogens (tertiary/aromatic N) is 2. The zero-order valence-electron chi connectivity index (χ0n) is 17.2. The largest absolute Gasteiger partial charge is 0.371 e. The maximum Gasteiger partial charge on any atom is 0.371 e. The Kier molecular flexibility index (Phi) is 7.25. The van der Waals surface area contributed by atoms with Crippen LogP contribution in [0, 0.1) is 12.5 Å². The van der Waals surface area contributed by atoms with Crippen LogP contribution in [0.25, 0.3) is 9.88 Å². The summed E-state index contributed by atoms with van der Waals surface area (Å²) >= 11 is 4.36. The van der Waals surface area contributed by atoms with Crippen molar-refractivity contribution in [2.45, 2.75) is 12.5 Å². The fourth-order valence-corrected chi connectivity index (χ4v) is 5.83. The molecule has 174 valence electrons. The zero-order valence-corrected chi connectivity index (χ0v) is 20.4. The highest BCUT2D eigenvalue weighted by molar-refractivity contribution is 7.87. The molecule has 4 rings (SSSR count). The molecule has 0 saturated carbocycles. The van der Waals surface area contributed by atoms with E-state index in [0.29, 0.717) is 11.6 Å². The average Bonchev–Trinajstić information content (AvgIpc) is 3.55. The molecule has 0 spiro atoms. The number of terminal acetylenes is 1. The first-order valence-electron chi connectivity index (χ1n) is 9.53. The maximum absolute atomic E-state index is 11.8. The number of carbonyl (C=O) groups is 1. The Bertz CT molecular complexity index is 1420. The van der Waals surface area contributed by atoms with Crippen LogP contribution in [0.15, 0.2) is 52.5 Å². The van der Waals surface area contributed by atoms with Crippen molar-refractivity contribution in [2.75, 3.05) is 10.0 Å². The van der Waals surface area contributed by atoms with Crippen molar-refractivity contribution < 1.29 is 22.5 Å². The third-order valence-electron chi connectivity index (χ3n) is 4.41. The van der Waals surface area contributed by atoms with Crippen LogP contribution in [0.4, 0.5) is 10.8 Å². The first-order valence-corrected chi connectivity index (χ1v) is 13.6. The van der Waals surface area contributed by atoms with Gasteiger partial charge in [-0.3, -0.25) is 9.27 Å². The Morgan fingerprint density at radius 2 is 1.94 bits per heavy atom. The maximum atomic E-state index is 11.8. The molecule has 0 aliphatic heterocycles. The van der Waals surface area contributed by atoms with Gasteiger partial charge in [-0.25, -0.2) is 14.8 Å². The summed E-state index contributed by atoms with van der Waals surface area (Å²) in [5, 5.41) is 10.2. The lowest BCUT2D eigenvalue weighted by Gasteiger charge is -2.17. The van der Waals surface area contributed by atoms with Gasteiger partial charge in [-0.2, -0.15) is 8.42 Å². The quantitative estimate of drug-likeness (QED) is 0.161. The third kappa shape index (κ3) is 6.19. The molecule has 9 nitrogen and oxygen atoms in total. The van der Waals surface area contributed by atoms with E-state index in [1.165, 1.54) is 22.7 Å². The molecule has 0 aliphatic rings. The number of thiazole rings is 2. The van der Waals surface area contributed by atoms with Crippen LogP contribution in [0.1, 0.15) is 27.8 Å². The van der Waals surface area contributed by atoms with E-state index in [-0.39, 0.29) is 17.4 Å². The summed E-state index contributed by atoms with van der Waals surface area (Å²) in [5.41, 5.74) is 2.01. The molecule has 0 fully saturated rings. The lowest BCUT2D eigenvalue weighted by molar-refractivity contribution is 0.0685. The Morgan fingerprint density at radius 3 is 2.62 bits per heavy atom. The minimum absolute atomic E-state index is 0.0994. The van der Waals surface area contributed by atoms with E-state index in [1.807, 2.05) is 33.7 Å². The van der Waals surface area contributed by atoms with Crippen LogP contribution >= 0.6 is 34.0 Å². The molecule has 0 bridgehead atoms. The summed E-state index contributed by atoms with van der Waals surface area (Å²) in [6.45, 7) is 0. The van der Waals surface area contributed by atoms with E-state index in [9.17, 15) is 13.2 Å². The van der Waals surface area contributed by atoms with Gasteiger partial charge in [-0.15, -0.1) is 34.0 Å². The molecule has 3 heterocycles. The molecule has 3 aromatic heterocycles. The summed E-state index contributed by atoms with van der Waals surface area (Å²) in [5.74, 6) is -0.709. The molecule has 0 radical (unpaired) electrons. The Morgan fingerprint density at radius 1 is 1.15 bits per heavy atom. The minimum Gasteiger partial charge on any atom is -0.368 e. The number of hydrogen-bond donors (Lipinski definition) is 3. The summed E-state index contributed by atoms with van der Waals surface area (Å²) in [4.78, 5) is 21.9. The van der Waals surface area contributed by atoms with Crippen molar-refractivity contribution in [3.05, 3.63) is 69.5 Å². The fourth-order valence-electron chi connectivity index (χ4n) is 2.97. The molecule has 0 saturated heterocycles. The minimum atomic E-state index is -4.35. The molecule has 1 aromatic carbocycles. The zero-order chi connectivity index (χ0) is 24.1. The Balaban J connectivity index is 1.58. The fraction of sp³-hybridized carbons (Fsp3) is 0.0952. The van der Waals surface area contributed by atoms with Gasteiger partial charge in [0.05, 0.1) is 22.3 Å². The second-order valence-electron chi connectivity index (χ2n) is 6.78. The number of carbonyl (C=O) groups excluding carboxylic acids is 1. The lowest BCUT2D eigenvalue weighted by Crippen LogP contribution is -2.15. The molecule has 4 aromatic rings. The first kappa shape index (κ1) is 23.9. The van der Waals surface area contributed by atoms with Gasteiger partial charge in [0.25, 0.3) is 0 Å². The molecule has 0 unspecified atom stereocenters. The Labute approximate surface area is 207 Å². The van der Waals surface area contributed by atoms with Crippen molar-refractivity contribution in [1.82, 2.24) is 9.97 Å². The van der Waals surface area contributed by atoms with E-state index in [0.717, 1.165) is 21.1 Å². The van der Waals surface area contributed by atoms with Crippen LogP contribution in [0.5, 0.6) is 0 Å². The van der Waals surface area contributed by atoms with Gasteiger partial charge in [-0.05, 0) is 35.6 Å². The number of rotatable bonds is 9. The number of nitrogens with one attached hydrogen (secondary N) is 2. The summed E-state index contributed by atoms with van der Waals surface area (Å²) < 4.78 is 37.5. The standard InChI is InChI=1S/C21H16N4O5S4/c1-2-30-20(26)17-12-33-21(24-17)23-15(16-11-32-19(22-16)18-4-3-9-31-18)10-13-5-7-14(8-6-13)25-34(27,28)29/h1,3-9,11-12,15,25H,10H2,(H,23,24)(H,27,28,29)/t15-/m0/s1. The van der Waals surface area contributed by atoms with Gasteiger partial charge >= 0.3 is 16.3 Å². The van der Waals surface area contributed by atoms with Crippen LogP contribution in [-0.4, -0.2) is 28.9 Å². The predicted octanol–water partition coefficient (Wildman–Crippen LogP) is 4.69. The highest BCUT2D eigenvalue weighted by atomic mass is 32.2. The van der Waals surface area contributed by atoms with Gasteiger partial charge in [0.1, 0.15) is 11.1 Å². The number of esters is 1. The number of hydrogen-bond acceptors (Lipinski definition) is 10. The number of aromatic nitrogens is 2. The summed E-state index contributed by atoms with van der Waals surface area (Å²) in [6.07, 6.45) is 7.34. The van der Waals surface area contributed by atoms with Crippen molar-refractivity contribution in [3.8, 4) is 22.4 Å². The van der Waals surface area contributed by atoms with Crippen LogP contribution in [-0.2, 0) is 21.5 Å². The first-order chi connectivity index (χ1) is 16.3. The average molecular weight is 533 g/mol. The number of thiophene rings is 1. The van der Waals surface area contributed by atoms with Gasteiger partial charge in [0, 0.05) is 10.8 Å². The molecule has 34 heavy (non-hydrogen) atoms. The monoisotopic (exact) mass is 532 g/mol. The number of ether oxygens (including phenoxy) is 1. The SMILES string of the molecule is C#COC(=O)c1csc(N[C@@H](Cc2ccc(NS(=O)(=O)O)cc2)c2csc(-c3cccs3)n2)n1. The van der Waals surface area contributed by atoms with E-state index in [4.69, 9.17) is 16.0 Å². The van der Waals surface area contributed by atoms with Crippen molar-refractivity contribution in [2.24, 2.45) is 0 Å². The smallest absolute Gasteiger partial charge is 0.368 e. The molecule has 0 aliphatic carbocycles. The summed E-state index contributed by atoms with van der Waals surface area (Å²) in [6, 6.07) is 10.3. The van der Waals surface area contributed by atoms with Gasteiger partial charge in [0.15, 0.2) is 10.8 Å². The van der Waals surface area contributed by atoms with Gasteiger partial charge in [0.2, 0.25) is 0 Å². The van der Waals surface area contributed by atoms with E-state index in [2.05, 4.69) is 15.0 Å². The molecular formula is C21H16N4O5S4. The lowest BCUT2D eigenvalue weighted by atomic mass is 10.0. The van der Waals surface area contributed by atoms with E-state index in [1.54, 1.807) is 41.0 Å². The predicted molar refractivity (Wildman–Crippen MR) is 133 cm³/mol. The van der Waals surface area contributed by atoms with Crippen molar-refractivity contribution >= 4 is 61.1 Å². The topological polar surface area (TPSA) is 131 Å². The van der Waals surface area contributed by atoms with Crippen LogP contribution in [0.3, 0.4) is 0 Å². The molecule has 3 N–H and O–H groups in total. The van der Waals surface area contributed by atoms with E-state index >= 15 is 0 Å². The summed E-state index contributed by atoms with van der Waals surface area (Å²) in [7, 11) is -4.35. The van der Waals surface area contributed by atoms with Gasteiger partial charge in [-0.1, -0.05) is 24.6 Å². The Hall–Kier alpha value is -3.28. The van der Waals surface area contributed by atoms with Crippen molar-refractivity contribution in [3.63, 3.8) is 0 Å². The molecule has 1 atom stereocenters. The highest BCUT2D eigenvalue weighted by Crippen LogP contribution is 2.32. The normalized spacial score (nSPS) is 12.0. The number of anilines is 2. The second-order valence-corrected chi connectivity index (χ2v) is 10.6. The number of benzene rings is 1. The molecule has 0 amide bonds.